The van der Waals surface area contributed by atoms with Gasteiger partial charge in [0.05, 0.1) is 10.2 Å². The summed E-state index contributed by atoms with van der Waals surface area (Å²) in [5.74, 6) is 0. The molecular weight excluding hydrogens is 302 g/mol. The molecular formula is C11H16BrN3OS. The van der Waals surface area contributed by atoms with Crippen molar-refractivity contribution >= 4 is 33.0 Å². The van der Waals surface area contributed by atoms with Crippen molar-refractivity contribution in [2.75, 3.05) is 0 Å². The van der Waals surface area contributed by atoms with E-state index in [1.165, 1.54) is 0 Å². The van der Waals surface area contributed by atoms with Crippen LogP contribution in [0.25, 0.3) is 0 Å². The highest BCUT2D eigenvalue weighted by atomic mass is 79.9. The quantitative estimate of drug-likeness (QED) is 0.748. The van der Waals surface area contributed by atoms with Crippen LogP contribution in [-0.4, -0.2) is 24.8 Å². The van der Waals surface area contributed by atoms with Gasteiger partial charge < -0.3 is 4.55 Å². The largest absolute Gasteiger partial charge is 0.591 e. The van der Waals surface area contributed by atoms with Gasteiger partial charge >= 0.3 is 0 Å². The average molecular weight is 318 g/mol. The van der Waals surface area contributed by atoms with Crippen molar-refractivity contribution < 1.29 is 4.55 Å². The standard InChI is InChI=1S/C11H16BrN3OS/c1-7-9(12)10-8(5-6-15(10)13-7)14-17(16)11(2,3)4/h5-6H2,1-4H3. The van der Waals surface area contributed by atoms with Gasteiger partial charge in [-0.15, -0.1) is 0 Å². The summed E-state index contributed by atoms with van der Waals surface area (Å²) in [7, 11) is 0. The molecule has 6 heteroatoms. The van der Waals surface area contributed by atoms with E-state index in [1.807, 2.05) is 32.4 Å². The first-order chi connectivity index (χ1) is 7.80. The molecule has 0 amide bonds. The van der Waals surface area contributed by atoms with Gasteiger partial charge in [-0.3, -0.25) is 4.68 Å². The Hall–Kier alpha value is -0.330. The predicted octanol–water partition coefficient (Wildman–Crippen LogP) is 2.61. The zero-order valence-electron chi connectivity index (χ0n) is 10.5. The average Bonchev–Trinajstić information content (AvgIpc) is 2.69. The number of rotatable bonds is 1. The van der Waals surface area contributed by atoms with Crippen LogP contribution < -0.4 is 0 Å². The van der Waals surface area contributed by atoms with Crippen LogP contribution in [0.4, 0.5) is 0 Å². The van der Waals surface area contributed by atoms with Crippen molar-refractivity contribution in [2.24, 2.45) is 4.40 Å². The third kappa shape index (κ3) is 2.44. The van der Waals surface area contributed by atoms with Crippen molar-refractivity contribution in [2.45, 2.75) is 45.4 Å². The minimum atomic E-state index is -1.21. The number of halogens is 1. The highest BCUT2D eigenvalue weighted by Crippen LogP contribution is 2.29. The van der Waals surface area contributed by atoms with E-state index in [0.717, 1.165) is 34.5 Å². The fourth-order valence-electron chi connectivity index (χ4n) is 1.65. The van der Waals surface area contributed by atoms with Crippen LogP contribution in [0.1, 0.15) is 38.6 Å². The Balaban J connectivity index is 2.36. The first kappa shape index (κ1) is 13.1. The number of hydrogen-bond acceptors (Lipinski definition) is 3. The molecule has 2 heterocycles. The molecule has 1 atom stereocenters. The molecule has 1 unspecified atom stereocenters. The first-order valence-corrected chi connectivity index (χ1v) is 7.43. The number of aromatic nitrogens is 2. The molecule has 2 rings (SSSR count). The molecule has 0 saturated heterocycles. The maximum absolute atomic E-state index is 12.0. The van der Waals surface area contributed by atoms with E-state index in [-0.39, 0.29) is 4.75 Å². The van der Waals surface area contributed by atoms with E-state index in [9.17, 15) is 4.55 Å². The molecule has 17 heavy (non-hydrogen) atoms. The summed E-state index contributed by atoms with van der Waals surface area (Å²) in [5.41, 5.74) is 2.83. The minimum Gasteiger partial charge on any atom is -0.591 e. The van der Waals surface area contributed by atoms with Crippen LogP contribution in [0.3, 0.4) is 0 Å². The number of hydrogen-bond donors (Lipinski definition) is 0. The Kier molecular flexibility index (Phi) is 3.40. The zero-order valence-corrected chi connectivity index (χ0v) is 12.9. The Bertz CT molecular complexity index is 476. The molecule has 0 N–H and O–H groups in total. The summed E-state index contributed by atoms with van der Waals surface area (Å²) in [5, 5.41) is 4.40. The van der Waals surface area contributed by atoms with Crippen molar-refractivity contribution in [1.29, 1.82) is 0 Å². The number of aryl methyl sites for hydroxylation is 2. The topological polar surface area (TPSA) is 53.2 Å². The lowest BCUT2D eigenvalue weighted by molar-refractivity contribution is 0.561. The molecule has 4 nitrogen and oxygen atoms in total. The van der Waals surface area contributed by atoms with Crippen molar-refractivity contribution in [3.05, 3.63) is 15.9 Å². The van der Waals surface area contributed by atoms with Gasteiger partial charge in [0.1, 0.15) is 27.5 Å². The van der Waals surface area contributed by atoms with Crippen LogP contribution in [0, 0.1) is 6.92 Å². The van der Waals surface area contributed by atoms with Crippen molar-refractivity contribution in [3.8, 4) is 0 Å². The smallest absolute Gasteiger partial charge is 0.144 e. The lowest BCUT2D eigenvalue weighted by atomic mass is 10.2. The Morgan fingerprint density at radius 1 is 1.47 bits per heavy atom. The van der Waals surface area contributed by atoms with E-state index >= 15 is 0 Å². The molecule has 94 valence electrons. The summed E-state index contributed by atoms with van der Waals surface area (Å²) >= 11 is 2.31. The SMILES string of the molecule is Cc1nn2c(c1Br)C(=N[S+]([O-])C(C)(C)C)CC2. The highest BCUT2D eigenvalue weighted by molar-refractivity contribution is 9.10. The summed E-state index contributed by atoms with van der Waals surface area (Å²) in [6.07, 6.45) is 0.809. The van der Waals surface area contributed by atoms with Crippen molar-refractivity contribution in [3.63, 3.8) is 0 Å². The van der Waals surface area contributed by atoms with Gasteiger partial charge in [0.2, 0.25) is 0 Å². The van der Waals surface area contributed by atoms with Gasteiger partial charge in [0.15, 0.2) is 0 Å². The molecule has 0 aliphatic carbocycles. The molecule has 1 aromatic heterocycles. The van der Waals surface area contributed by atoms with Gasteiger partial charge in [-0.05, 0) is 43.6 Å². The third-order valence-electron chi connectivity index (χ3n) is 2.61. The second kappa shape index (κ2) is 4.40. The Morgan fingerprint density at radius 2 is 2.12 bits per heavy atom. The van der Waals surface area contributed by atoms with Crippen LogP contribution >= 0.6 is 15.9 Å². The van der Waals surface area contributed by atoms with Crippen LogP contribution in [-0.2, 0) is 17.9 Å². The summed E-state index contributed by atoms with van der Waals surface area (Å²) in [6, 6.07) is 0. The van der Waals surface area contributed by atoms with Crippen LogP contribution in [0.15, 0.2) is 8.87 Å². The van der Waals surface area contributed by atoms with Gasteiger partial charge in [-0.25, -0.2) is 0 Å². The minimum absolute atomic E-state index is 0.317. The van der Waals surface area contributed by atoms with E-state index in [4.69, 9.17) is 0 Å². The molecule has 0 radical (unpaired) electrons. The van der Waals surface area contributed by atoms with Gasteiger partial charge in [0, 0.05) is 13.0 Å². The van der Waals surface area contributed by atoms with Crippen LogP contribution in [0.5, 0.6) is 0 Å². The summed E-state index contributed by atoms with van der Waals surface area (Å²) in [6.45, 7) is 8.56. The first-order valence-electron chi connectivity index (χ1n) is 5.53. The molecule has 0 saturated carbocycles. The monoisotopic (exact) mass is 317 g/mol. The van der Waals surface area contributed by atoms with Gasteiger partial charge in [-0.2, -0.15) is 5.10 Å². The maximum atomic E-state index is 12.0. The van der Waals surface area contributed by atoms with E-state index in [1.54, 1.807) is 0 Å². The Labute approximate surface area is 113 Å². The second-order valence-electron chi connectivity index (χ2n) is 5.12. The lowest BCUT2D eigenvalue weighted by Crippen LogP contribution is -2.26. The fourth-order valence-corrected chi connectivity index (χ4v) is 2.82. The molecule has 0 bridgehead atoms. The van der Waals surface area contributed by atoms with E-state index in [0.29, 0.717) is 0 Å². The molecule has 1 aliphatic rings. The van der Waals surface area contributed by atoms with E-state index in [2.05, 4.69) is 25.4 Å². The molecule has 0 fully saturated rings. The highest BCUT2D eigenvalue weighted by Gasteiger charge is 2.31. The number of fused-ring (bicyclic) bond motifs is 1. The number of nitrogens with zero attached hydrogens (tertiary/aromatic N) is 3. The molecule has 0 spiro atoms. The van der Waals surface area contributed by atoms with Gasteiger partial charge in [0.25, 0.3) is 0 Å². The maximum Gasteiger partial charge on any atom is 0.144 e. The lowest BCUT2D eigenvalue weighted by Gasteiger charge is -2.18. The zero-order chi connectivity index (χ0) is 12.8. The summed E-state index contributed by atoms with van der Waals surface area (Å²) in [4.78, 5) is 0. The fraction of sp³-hybridized carbons (Fsp3) is 0.636. The molecule has 0 aromatic carbocycles. The van der Waals surface area contributed by atoms with Crippen LogP contribution in [0.2, 0.25) is 0 Å². The third-order valence-corrected chi connectivity index (χ3v) is 4.99. The van der Waals surface area contributed by atoms with E-state index < -0.39 is 11.4 Å². The normalized spacial score (nSPS) is 19.8. The molecule has 1 aromatic rings. The molecule has 1 aliphatic heterocycles. The Morgan fingerprint density at radius 3 is 2.71 bits per heavy atom. The summed E-state index contributed by atoms with van der Waals surface area (Å²) < 4.78 is 19.0. The predicted molar refractivity (Wildman–Crippen MR) is 73.7 cm³/mol. The van der Waals surface area contributed by atoms with Crippen molar-refractivity contribution in [1.82, 2.24) is 9.78 Å². The van der Waals surface area contributed by atoms with Gasteiger partial charge in [-0.1, -0.05) is 4.40 Å². The second-order valence-corrected chi connectivity index (χ2v) is 7.82.